The van der Waals surface area contributed by atoms with Crippen LogP contribution in [0.5, 0.6) is 11.5 Å². The second kappa shape index (κ2) is 6.73. The fourth-order valence-corrected chi connectivity index (χ4v) is 2.15. The van der Waals surface area contributed by atoms with Gasteiger partial charge >= 0.3 is 6.16 Å². The van der Waals surface area contributed by atoms with E-state index in [0.717, 1.165) is 17.5 Å². The van der Waals surface area contributed by atoms with E-state index in [9.17, 15) is 9.90 Å². The first-order chi connectivity index (χ1) is 10.8. The fraction of sp³-hybridized carbons (Fsp3) is 0.316. The molecule has 0 aliphatic carbocycles. The highest BCUT2D eigenvalue weighted by Crippen LogP contribution is 2.30. The summed E-state index contributed by atoms with van der Waals surface area (Å²) in [6, 6.07) is 12.7. The molecule has 0 aromatic heterocycles. The number of aromatic hydroxyl groups is 1. The first kappa shape index (κ1) is 16.9. The molecule has 0 saturated carbocycles. The van der Waals surface area contributed by atoms with Crippen molar-refractivity contribution in [3.63, 3.8) is 0 Å². The molecule has 0 bridgehead atoms. The van der Waals surface area contributed by atoms with Crippen LogP contribution in [0.2, 0.25) is 0 Å². The molecule has 2 aromatic rings. The van der Waals surface area contributed by atoms with Crippen LogP contribution in [0, 0.1) is 0 Å². The molecule has 4 nitrogen and oxygen atoms in total. The summed E-state index contributed by atoms with van der Waals surface area (Å²) < 4.78 is 10.3. The molecular formula is C19H22O4. The van der Waals surface area contributed by atoms with Crippen molar-refractivity contribution in [1.29, 1.82) is 0 Å². The highest BCUT2D eigenvalue weighted by molar-refractivity contribution is 5.70. The van der Waals surface area contributed by atoms with Gasteiger partial charge in [0.25, 0.3) is 0 Å². The maximum atomic E-state index is 11.8. The second-order valence-corrected chi connectivity index (χ2v) is 6.34. The van der Waals surface area contributed by atoms with Crippen molar-refractivity contribution >= 4 is 6.16 Å². The third-order valence-corrected chi connectivity index (χ3v) is 3.15. The van der Waals surface area contributed by atoms with Crippen LogP contribution in [0.15, 0.2) is 42.5 Å². The molecule has 4 heteroatoms. The molecule has 0 fully saturated rings. The maximum absolute atomic E-state index is 11.8. The van der Waals surface area contributed by atoms with Crippen LogP contribution in [-0.4, -0.2) is 16.9 Å². The SMILES string of the molecule is CCc1cccc(-c2cc(O)cc(OC(=O)OC(C)(C)C)c2)c1. The lowest BCUT2D eigenvalue weighted by Crippen LogP contribution is -2.25. The Labute approximate surface area is 136 Å². The number of rotatable bonds is 3. The largest absolute Gasteiger partial charge is 0.514 e. The molecule has 0 amide bonds. The van der Waals surface area contributed by atoms with E-state index in [1.54, 1.807) is 32.9 Å². The molecule has 2 aromatic carbocycles. The molecule has 122 valence electrons. The monoisotopic (exact) mass is 314 g/mol. The molecule has 0 atom stereocenters. The normalized spacial score (nSPS) is 11.1. The standard InChI is InChI=1S/C19H22O4/c1-5-13-7-6-8-14(9-13)15-10-16(20)12-17(11-15)22-18(21)23-19(2,3)4/h6-12,20H,5H2,1-4H3. The molecule has 2 rings (SSSR count). The molecule has 1 N–H and O–H groups in total. The predicted octanol–water partition coefficient (Wildman–Crippen LogP) is 4.94. The minimum atomic E-state index is -0.795. The van der Waals surface area contributed by atoms with Gasteiger partial charge in [0, 0.05) is 6.07 Å². The Kier molecular flexibility index (Phi) is 4.94. The quantitative estimate of drug-likeness (QED) is 0.644. The van der Waals surface area contributed by atoms with Gasteiger partial charge in [-0.25, -0.2) is 4.79 Å². The first-order valence-electron chi connectivity index (χ1n) is 7.61. The summed E-state index contributed by atoms with van der Waals surface area (Å²) in [5, 5.41) is 9.90. The fourth-order valence-electron chi connectivity index (χ4n) is 2.15. The molecule has 0 saturated heterocycles. The molecule has 0 unspecified atom stereocenters. The third kappa shape index (κ3) is 5.02. The number of carbonyl (C=O) groups excluding carboxylic acids is 1. The summed E-state index contributed by atoms with van der Waals surface area (Å²) in [6.45, 7) is 7.37. The number of aryl methyl sites for hydroxylation is 1. The number of ether oxygens (including phenoxy) is 2. The summed E-state index contributed by atoms with van der Waals surface area (Å²) in [5.41, 5.74) is 2.29. The van der Waals surface area contributed by atoms with Gasteiger partial charge in [-0.05, 0) is 56.0 Å². The minimum Gasteiger partial charge on any atom is -0.508 e. The molecule has 0 aliphatic rings. The van der Waals surface area contributed by atoms with E-state index in [1.807, 2.05) is 24.3 Å². The molecule has 0 radical (unpaired) electrons. The van der Waals surface area contributed by atoms with Crippen molar-refractivity contribution in [2.45, 2.75) is 39.7 Å². The second-order valence-electron chi connectivity index (χ2n) is 6.34. The van der Waals surface area contributed by atoms with Gasteiger partial charge in [-0.3, -0.25) is 0 Å². The van der Waals surface area contributed by atoms with Crippen molar-refractivity contribution in [3.8, 4) is 22.6 Å². The van der Waals surface area contributed by atoms with Gasteiger partial charge in [0.1, 0.15) is 17.1 Å². The summed E-state index contributed by atoms with van der Waals surface area (Å²) >= 11 is 0. The highest BCUT2D eigenvalue weighted by atomic mass is 16.7. The lowest BCUT2D eigenvalue weighted by Gasteiger charge is -2.18. The Morgan fingerprint density at radius 2 is 1.83 bits per heavy atom. The number of carbonyl (C=O) groups is 1. The van der Waals surface area contributed by atoms with Crippen LogP contribution in [0.4, 0.5) is 4.79 Å². The lowest BCUT2D eigenvalue weighted by molar-refractivity contribution is 0.0206. The summed E-state index contributed by atoms with van der Waals surface area (Å²) in [7, 11) is 0. The Balaban J connectivity index is 2.26. The van der Waals surface area contributed by atoms with Crippen LogP contribution in [-0.2, 0) is 11.2 Å². The van der Waals surface area contributed by atoms with E-state index in [4.69, 9.17) is 9.47 Å². The third-order valence-electron chi connectivity index (χ3n) is 3.15. The Hall–Kier alpha value is -2.49. The average Bonchev–Trinajstić information content (AvgIpc) is 2.44. The van der Waals surface area contributed by atoms with Gasteiger partial charge in [0.2, 0.25) is 0 Å². The van der Waals surface area contributed by atoms with Gasteiger partial charge in [0.05, 0.1) is 0 Å². The van der Waals surface area contributed by atoms with E-state index < -0.39 is 11.8 Å². The van der Waals surface area contributed by atoms with E-state index in [1.165, 1.54) is 11.6 Å². The van der Waals surface area contributed by atoms with Crippen molar-refractivity contribution in [2.24, 2.45) is 0 Å². The zero-order chi connectivity index (χ0) is 17.0. The zero-order valence-corrected chi connectivity index (χ0v) is 13.9. The Bertz CT molecular complexity index is 699. The summed E-state index contributed by atoms with van der Waals surface area (Å²) in [4.78, 5) is 11.8. The van der Waals surface area contributed by atoms with Gasteiger partial charge < -0.3 is 14.6 Å². The summed E-state index contributed by atoms with van der Waals surface area (Å²) in [5.74, 6) is 0.277. The summed E-state index contributed by atoms with van der Waals surface area (Å²) in [6.07, 6.45) is 0.129. The molecular weight excluding hydrogens is 292 g/mol. The van der Waals surface area contributed by atoms with Crippen molar-refractivity contribution < 1.29 is 19.4 Å². The highest BCUT2D eigenvalue weighted by Gasteiger charge is 2.18. The predicted molar refractivity (Wildman–Crippen MR) is 89.8 cm³/mol. The van der Waals surface area contributed by atoms with Gasteiger partial charge in [0.15, 0.2) is 0 Å². The Morgan fingerprint density at radius 1 is 1.09 bits per heavy atom. The number of phenolic OH excluding ortho intramolecular Hbond substituents is 1. The topological polar surface area (TPSA) is 55.8 Å². The number of hydrogen-bond acceptors (Lipinski definition) is 4. The van der Waals surface area contributed by atoms with Crippen LogP contribution < -0.4 is 4.74 Å². The van der Waals surface area contributed by atoms with Gasteiger partial charge in [-0.15, -0.1) is 0 Å². The average molecular weight is 314 g/mol. The lowest BCUT2D eigenvalue weighted by atomic mass is 10.0. The molecule has 0 spiro atoms. The van der Waals surface area contributed by atoms with Crippen LogP contribution in [0.1, 0.15) is 33.3 Å². The number of phenols is 1. The molecule has 0 aliphatic heterocycles. The van der Waals surface area contributed by atoms with E-state index in [-0.39, 0.29) is 11.5 Å². The van der Waals surface area contributed by atoms with Crippen LogP contribution >= 0.6 is 0 Å². The number of hydrogen-bond donors (Lipinski definition) is 1. The zero-order valence-electron chi connectivity index (χ0n) is 13.9. The maximum Gasteiger partial charge on any atom is 0.514 e. The van der Waals surface area contributed by atoms with E-state index in [0.29, 0.717) is 0 Å². The minimum absolute atomic E-state index is 0.0305. The van der Waals surface area contributed by atoms with Crippen LogP contribution in [0.3, 0.4) is 0 Å². The molecule has 23 heavy (non-hydrogen) atoms. The van der Waals surface area contributed by atoms with Crippen LogP contribution in [0.25, 0.3) is 11.1 Å². The van der Waals surface area contributed by atoms with Gasteiger partial charge in [-0.1, -0.05) is 31.2 Å². The van der Waals surface area contributed by atoms with Crippen molar-refractivity contribution in [3.05, 3.63) is 48.0 Å². The van der Waals surface area contributed by atoms with E-state index in [2.05, 4.69) is 6.92 Å². The first-order valence-corrected chi connectivity index (χ1v) is 7.61. The van der Waals surface area contributed by atoms with E-state index >= 15 is 0 Å². The smallest absolute Gasteiger partial charge is 0.508 e. The van der Waals surface area contributed by atoms with Crippen molar-refractivity contribution in [1.82, 2.24) is 0 Å². The Morgan fingerprint density at radius 3 is 2.48 bits per heavy atom. The molecule has 0 heterocycles. The number of benzene rings is 2. The van der Waals surface area contributed by atoms with Crippen molar-refractivity contribution in [2.75, 3.05) is 0 Å². The van der Waals surface area contributed by atoms with Gasteiger partial charge in [-0.2, -0.15) is 0 Å².